The molecule has 1 N–H and O–H groups in total. The van der Waals surface area contributed by atoms with Gasteiger partial charge in [0.15, 0.2) is 0 Å². The molecule has 1 aliphatic heterocycles. The first-order chi connectivity index (χ1) is 4.10. The molecule has 1 heterocycles. The van der Waals surface area contributed by atoms with E-state index >= 15 is 0 Å². The summed E-state index contributed by atoms with van der Waals surface area (Å²) >= 11 is 0. The average molecular weight is 148 g/mol. The lowest BCUT2D eigenvalue weighted by Gasteiger charge is -2.02. The van der Waals surface area contributed by atoms with Gasteiger partial charge in [-0.1, -0.05) is 0 Å². The predicted octanol–water partition coefficient (Wildman–Crippen LogP) is 0.260. The molecular weight excluding hydrogens is 144 g/mol. The van der Waals surface area contributed by atoms with Crippen LogP contribution in [0.1, 0.15) is 0 Å². The van der Waals surface area contributed by atoms with Gasteiger partial charge in [-0.05, 0) is 6.08 Å². The van der Waals surface area contributed by atoms with Crippen LogP contribution in [0.5, 0.6) is 0 Å². The van der Waals surface area contributed by atoms with Gasteiger partial charge in [0, 0.05) is 6.08 Å². The van der Waals surface area contributed by atoms with E-state index in [4.69, 9.17) is 5.11 Å². The van der Waals surface area contributed by atoms with Crippen LogP contribution < -0.4 is 0 Å². The van der Waals surface area contributed by atoms with Crippen LogP contribution in [0.15, 0.2) is 23.5 Å². The van der Waals surface area contributed by atoms with E-state index in [1.54, 1.807) is 0 Å². The third-order valence-electron chi connectivity index (χ3n) is 0.686. The van der Waals surface area contributed by atoms with Crippen LogP contribution in [0, 0.1) is 0 Å². The Morgan fingerprint density at radius 1 is 1.56 bits per heavy atom. The first-order valence-electron chi connectivity index (χ1n) is 2.12. The lowest BCUT2D eigenvalue weighted by Crippen LogP contribution is -2.03. The highest BCUT2D eigenvalue weighted by Crippen LogP contribution is 2.07. The second-order valence-electron chi connectivity index (χ2n) is 1.41. The maximum Gasteiger partial charge on any atom is 0.334 e. The maximum absolute atomic E-state index is 10.4. The summed E-state index contributed by atoms with van der Waals surface area (Å²) in [6, 6.07) is 0. The molecule has 0 atom stereocenters. The van der Waals surface area contributed by atoms with Crippen LogP contribution in [-0.4, -0.2) is 13.5 Å². The predicted molar refractivity (Wildman–Crippen MR) is 29.9 cm³/mol. The van der Waals surface area contributed by atoms with Gasteiger partial charge in [-0.15, -0.1) is 0 Å². The van der Waals surface area contributed by atoms with E-state index in [1.165, 1.54) is 6.08 Å². The van der Waals surface area contributed by atoms with E-state index in [1.807, 2.05) is 0 Å². The van der Waals surface area contributed by atoms with Gasteiger partial charge in [-0.25, -0.2) is 0 Å². The van der Waals surface area contributed by atoms with Gasteiger partial charge in [-0.2, -0.15) is 8.42 Å². The van der Waals surface area contributed by atoms with Crippen LogP contribution in [0.2, 0.25) is 0 Å². The summed E-state index contributed by atoms with van der Waals surface area (Å²) in [5, 5.41) is 9.31. The summed E-state index contributed by atoms with van der Waals surface area (Å²) in [5.74, 6) is -0.600. The molecule has 0 saturated carbocycles. The number of hydrogen-bond donors (Lipinski definition) is 1. The van der Waals surface area contributed by atoms with Gasteiger partial charge in [0.1, 0.15) is 0 Å². The molecule has 0 fully saturated rings. The molecule has 0 saturated heterocycles. The standard InChI is InChI=1S/C4H4O4S/c5-4-2-1-3-9(6,7)8-4/h1-3,5H. The van der Waals surface area contributed by atoms with Crippen molar-refractivity contribution in [1.82, 2.24) is 0 Å². The Morgan fingerprint density at radius 2 is 2.22 bits per heavy atom. The largest absolute Gasteiger partial charge is 0.480 e. The van der Waals surface area contributed by atoms with Crippen LogP contribution in [0.25, 0.3) is 0 Å². The first kappa shape index (κ1) is 6.15. The summed E-state index contributed by atoms with van der Waals surface area (Å²) in [7, 11) is -3.63. The van der Waals surface area contributed by atoms with Crippen molar-refractivity contribution in [2.45, 2.75) is 0 Å². The Labute approximate surface area is 52.2 Å². The molecule has 0 aliphatic carbocycles. The molecular formula is C4H4O4S. The molecule has 50 valence electrons. The van der Waals surface area contributed by atoms with Crippen molar-refractivity contribution in [2.24, 2.45) is 0 Å². The van der Waals surface area contributed by atoms with Crippen LogP contribution in [0.3, 0.4) is 0 Å². The molecule has 0 aromatic carbocycles. The SMILES string of the molecule is O=S1(=O)C=CC=C(O)O1. The van der Waals surface area contributed by atoms with Crippen molar-refractivity contribution >= 4 is 10.1 Å². The second-order valence-corrected chi connectivity index (χ2v) is 2.83. The number of aliphatic hydroxyl groups is 1. The molecule has 4 nitrogen and oxygen atoms in total. The minimum absolute atomic E-state index is 0.600. The third kappa shape index (κ3) is 1.46. The summed E-state index contributed by atoms with van der Waals surface area (Å²) in [5.41, 5.74) is 0. The van der Waals surface area contributed by atoms with Gasteiger partial charge < -0.3 is 9.29 Å². The molecule has 9 heavy (non-hydrogen) atoms. The zero-order chi connectivity index (χ0) is 6.91. The molecule has 1 rings (SSSR count). The smallest absolute Gasteiger partial charge is 0.334 e. The summed E-state index contributed by atoms with van der Waals surface area (Å²) in [4.78, 5) is 0. The van der Waals surface area contributed by atoms with Gasteiger partial charge >= 0.3 is 10.1 Å². The highest BCUT2D eigenvalue weighted by Gasteiger charge is 2.11. The molecule has 5 heteroatoms. The molecule has 0 aromatic heterocycles. The second kappa shape index (κ2) is 1.77. The van der Waals surface area contributed by atoms with Crippen LogP contribution >= 0.6 is 0 Å². The molecule has 0 bridgehead atoms. The number of rotatable bonds is 0. The van der Waals surface area contributed by atoms with Crippen LogP contribution in [0.4, 0.5) is 0 Å². The molecule has 0 aromatic rings. The highest BCUT2D eigenvalue weighted by atomic mass is 32.2. The van der Waals surface area contributed by atoms with Crippen molar-refractivity contribution in [2.75, 3.05) is 0 Å². The normalized spacial score (nSPS) is 22.4. The number of aliphatic hydroxyl groups excluding tert-OH is 1. The Kier molecular flexibility index (Phi) is 1.21. The fourth-order valence-electron chi connectivity index (χ4n) is 0.392. The fraction of sp³-hybridized carbons (Fsp3) is 0. The zero-order valence-corrected chi connectivity index (χ0v) is 5.13. The summed E-state index contributed by atoms with van der Waals surface area (Å²) in [6.45, 7) is 0. The summed E-state index contributed by atoms with van der Waals surface area (Å²) < 4.78 is 24.7. The first-order valence-corrected chi connectivity index (χ1v) is 3.59. The Hall–Kier alpha value is -0.970. The minimum atomic E-state index is -3.63. The van der Waals surface area contributed by atoms with Gasteiger partial charge in [-0.3, -0.25) is 0 Å². The van der Waals surface area contributed by atoms with E-state index in [9.17, 15) is 8.42 Å². The molecule has 0 amide bonds. The Bertz CT molecular complexity index is 258. The number of hydrogen-bond acceptors (Lipinski definition) is 4. The number of allylic oxidation sites excluding steroid dienone is 2. The molecule has 0 spiro atoms. The Morgan fingerprint density at radius 3 is 2.56 bits per heavy atom. The zero-order valence-electron chi connectivity index (χ0n) is 4.31. The lowest BCUT2D eigenvalue weighted by atomic mass is 10.6. The highest BCUT2D eigenvalue weighted by molar-refractivity contribution is 7.89. The van der Waals surface area contributed by atoms with Crippen molar-refractivity contribution in [3.63, 3.8) is 0 Å². The fourth-order valence-corrected chi connectivity index (χ4v) is 1.01. The summed E-state index contributed by atoms with van der Waals surface area (Å²) in [6.07, 6.45) is 2.33. The molecule has 0 unspecified atom stereocenters. The van der Waals surface area contributed by atoms with Crippen molar-refractivity contribution in [1.29, 1.82) is 0 Å². The van der Waals surface area contributed by atoms with Gasteiger partial charge in [0.05, 0.1) is 5.41 Å². The van der Waals surface area contributed by atoms with E-state index in [2.05, 4.69) is 4.18 Å². The molecule has 1 aliphatic rings. The van der Waals surface area contributed by atoms with Crippen LogP contribution in [-0.2, 0) is 14.3 Å². The maximum atomic E-state index is 10.4. The van der Waals surface area contributed by atoms with E-state index < -0.39 is 16.1 Å². The van der Waals surface area contributed by atoms with Crippen molar-refractivity contribution < 1.29 is 17.7 Å². The van der Waals surface area contributed by atoms with E-state index in [0.717, 1.165) is 11.5 Å². The topological polar surface area (TPSA) is 63.6 Å². The Balaban J connectivity index is 2.99. The van der Waals surface area contributed by atoms with Crippen molar-refractivity contribution in [3.05, 3.63) is 23.5 Å². The van der Waals surface area contributed by atoms with Gasteiger partial charge in [0.25, 0.3) is 5.95 Å². The molecule has 0 radical (unpaired) electrons. The minimum Gasteiger partial charge on any atom is -0.480 e. The van der Waals surface area contributed by atoms with Crippen molar-refractivity contribution in [3.8, 4) is 0 Å². The van der Waals surface area contributed by atoms with Gasteiger partial charge in [0.2, 0.25) is 0 Å². The average Bonchev–Trinajstić information content (AvgIpc) is 1.60. The quantitative estimate of drug-likeness (QED) is 0.500. The lowest BCUT2D eigenvalue weighted by molar-refractivity contribution is 0.215. The monoisotopic (exact) mass is 148 g/mol. The van der Waals surface area contributed by atoms with E-state index in [0.29, 0.717) is 0 Å². The van der Waals surface area contributed by atoms with E-state index in [-0.39, 0.29) is 0 Å². The third-order valence-corrected chi connectivity index (χ3v) is 1.58.